The van der Waals surface area contributed by atoms with Crippen molar-refractivity contribution in [2.24, 2.45) is 0 Å². The third kappa shape index (κ3) is 4.89. The lowest BCUT2D eigenvalue weighted by Gasteiger charge is -2.51. The Morgan fingerprint density at radius 1 is 0.935 bits per heavy atom. The number of fused-ring (bicyclic) bond motifs is 4. The van der Waals surface area contributed by atoms with Crippen LogP contribution in [0.4, 0.5) is 5.69 Å². The summed E-state index contributed by atoms with van der Waals surface area (Å²) in [5, 5.41) is 4.31. The highest BCUT2D eigenvalue weighted by Crippen LogP contribution is 2.53. The van der Waals surface area contributed by atoms with E-state index in [9.17, 15) is 13.2 Å². The molecule has 0 saturated carbocycles. The molecule has 46 heavy (non-hydrogen) atoms. The number of H-pyrrole nitrogens is 1. The van der Waals surface area contributed by atoms with E-state index in [1.54, 1.807) is 0 Å². The molecule has 0 bridgehead atoms. The Balaban J connectivity index is 1.16. The van der Waals surface area contributed by atoms with Crippen molar-refractivity contribution in [3.05, 3.63) is 71.9 Å². The summed E-state index contributed by atoms with van der Waals surface area (Å²) >= 11 is 0. The Morgan fingerprint density at radius 3 is 2.30 bits per heavy atom. The number of benzene rings is 2. The van der Waals surface area contributed by atoms with Gasteiger partial charge in [-0.15, -0.1) is 0 Å². The van der Waals surface area contributed by atoms with Crippen molar-refractivity contribution in [2.75, 3.05) is 57.5 Å². The lowest BCUT2D eigenvalue weighted by Crippen LogP contribution is -2.67. The zero-order chi connectivity index (χ0) is 31.6. The Kier molecular flexibility index (Phi) is 7.32. The number of piperidine rings is 2. The van der Waals surface area contributed by atoms with E-state index < -0.39 is 15.3 Å². The molecule has 9 nitrogen and oxygen atoms in total. The number of aromatic nitrogens is 2. The number of rotatable bonds is 6. The maximum absolute atomic E-state index is 14.0. The van der Waals surface area contributed by atoms with Crippen LogP contribution in [-0.2, 0) is 26.6 Å². The van der Waals surface area contributed by atoms with Gasteiger partial charge in [0, 0.05) is 55.5 Å². The molecular weight excluding hydrogens is 597 g/mol. The first-order valence-electron chi connectivity index (χ1n) is 16.6. The third-order valence-electron chi connectivity index (χ3n) is 11.0. The van der Waals surface area contributed by atoms with Gasteiger partial charge in [-0.2, -0.15) is 0 Å². The molecule has 4 aliphatic heterocycles. The van der Waals surface area contributed by atoms with Crippen molar-refractivity contribution in [3.8, 4) is 22.4 Å². The normalized spacial score (nSPS) is 21.3. The Bertz CT molecular complexity index is 1890. The minimum Gasteiger partial charge on any atom is -0.339 e. The van der Waals surface area contributed by atoms with Gasteiger partial charge in [-0.05, 0) is 68.6 Å². The average Bonchev–Trinajstić information content (AvgIpc) is 3.54. The molecule has 240 valence electrons. The van der Waals surface area contributed by atoms with Gasteiger partial charge in [-0.3, -0.25) is 14.6 Å². The van der Waals surface area contributed by atoms with Crippen LogP contribution < -0.4 is 10.2 Å². The Morgan fingerprint density at radius 2 is 1.63 bits per heavy atom. The molecule has 0 aliphatic carbocycles. The predicted octanol–water partition coefficient (Wildman–Crippen LogP) is 4.19. The first-order valence-corrected chi connectivity index (χ1v) is 18.5. The standard InChI is InChI=1S/C36H42N6O3S/c1-40-29-20-38-34-31(32(29)36(35(40)43)22-42(23-36)27-12-16-37-17-13-27)30(25-6-4-3-5-7-25)33(39-34)26-10-8-24(9-11-26)21-41-18-14-28(15-19-41)46(2,44)45/h3-11,20,27-28,37H,12-19,21-23H2,1-2H3,(H,38,39). The molecule has 3 fully saturated rings. The summed E-state index contributed by atoms with van der Waals surface area (Å²) in [4.78, 5) is 29.3. The van der Waals surface area contributed by atoms with Gasteiger partial charge >= 0.3 is 0 Å². The van der Waals surface area contributed by atoms with Crippen molar-refractivity contribution in [1.29, 1.82) is 0 Å². The zero-order valence-electron chi connectivity index (χ0n) is 26.6. The van der Waals surface area contributed by atoms with Crippen LogP contribution in [0.3, 0.4) is 0 Å². The number of pyridine rings is 1. The number of amides is 1. The van der Waals surface area contributed by atoms with E-state index in [4.69, 9.17) is 4.98 Å². The first kappa shape index (κ1) is 29.8. The lowest BCUT2D eigenvalue weighted by atomic mass is 9.72. The van der Waals surface area contributed by atoms with Gasteiger partial charge < -0.3 is 15.2 Å². The highest BCUT2D eigenvalue weighted by Gasteiger charge is 2.59. The van der Waals surface area contributed by atoms with Gasteiger partial charge in [-0.1, -0.05) is 54.6 Å². The summed E-state index contributed by atoms with van der Waals surface area (Å²) in [5.74, 6) is 0.175. The number of nitrogens with one attached hydrogen (secondary N) is 2. The van der Waals surface area contributed by atoms with Crippen molar-refractivity contribution in [1.82, 2.24) is 25.1 Å². The number of carbonyl (C=O) groups excluding carboxylic acids is 1. The van der Waals surface area contributed by atoms with Crippen LogP contribution in [0, 0.1) is 0 Å². The van der Waals surface area contributed by atoms with Crippen LogP contribution in [0.2, 0.25) is 0 Å². The Labute approximate surface area is 270 Å². The van der Waals surface area contributed by atoms with E-state index in [2.05, 4.69) is 68.6 Å². The maximum Gasteiger partial charge on any atom is 0.240 e. The molecule has 3 saturated heterocycles. The van der Waals surface area contributed by atoms with Crippen LogP contribution in [0.5, 0.6) is 0 Å². The zero-order valence-corrected chi connectivity index (χ0v) is 27.4. The van der Waals surface area contributed by atoms with Gasteiger partial charge in [0.25, 0.3) is 0 Å². The fraction of sp³-hybridized carbons (Fsp3) is 0.444. The quantitative estimate of drug-likeness (QED) is 0.327. The van der Waals surface area contributed by atoms with Gasteiger partial charge in [0.15, 0.2) is 0 Å². The summed E-state index contributed by atoms with van der Waals surface area (Å²) in [6, 6.07) is 19.7. The van der Waals surface area contributed by atoms with Gasteiger partial charge in [0.05, 0.1) is 22.8 Å². The van der Waals surface area contributed by atoms with E-state index in [1.165, 1.54) is 11.8 Å². The van der Waals surface area contributed by atoms with E-state index in [1.807, 2.05) is 24.2 Å². The maximum atomic E-state index is 14.0. The Hall–Kier alpha value is -3.57. The number of aromatic amines is 1. The number of carbonyl (C=O) groups is 1. The molecule has 4 aliphatic rings. The molecular formula is C36H42N6O3S. The number of likely N-dealkylation sites (N-methyl/N-ethyl adjacent to an activating group) is 1. The van der Waals surface area contributed by atoms with Crippen molar-refractivity contribution in [3.63, 3.8) is 0 Å². The molecule has 1 amide bonds. The summed E-state index contributed by atoms with van der Waals surface area (Å²) in [6.07, 6.45) is 6.86. The molecule has 2 aromatic heterocycles. The number of anilines is 1. The van der Waals surface area contributed by atoms with Crippen LogP contribution in [0.25, 0.3) is 33.4 Å². The first-order chi connectivity index (χ1) is 22.2. The third-order valence-corrected chi connectivity index (χ3v) is 12.7. The number of sulfone groups is 1. The summed E-state index contributed by atoms with van der Waals surface area (Å²) in [7, 11) is -1.08. The summed E-state index contributed by atoms with van der Waals surface area (Å²) < 4.78 is 24.0. The summed E-state index contributed by atoms with van der Waals surface area (Å²) in [5.41, 5.74) is 7.77. The largest absolute Gasteiger partial charge is 0.339 e. The monoisotopic (exact) mass is 638 g/mol. The van der Waals surface area contributed by atoms with E-state index in [0.717, 1.165) is 103 Å². The second-order valence-corrected chi connectivity index (χ2v) is 16.1. The molecule has 0 radical (unpaired) electrons. The molecule has 4 aromatic rings. The minimum absolute atomic E-state index is 0.175. The topological polar surface area (TPSA) is 102 Å². The summed E-state index contributed by atoms with van der Waals surface area (Å²) in [6.45, 7) is 5.95. The van der Waals surface area contributed by atoms with E-state index >= 15 is 0 Å². The highest BCUT2D eigenvalue weighted by atomic mass is 32.2. The van der Waals surface area contributed by atoms with Gasteiger partial charge in [0.1, 0.15) is 20.9 Å². The van der Waals surface area contributed by atoms with Crippen molar-refractivity contribution in [2.45, 2.75) is 48.9 Å². The second-order valence-electron chi connectivity index (χ2n) is 13.8. The van der Waals surface area contributed by atoms with Gasteiger partial charge in [-0.25, -0.2) is 13.4 Å². The minimum atomic E-state index is -2.98. The van der Waals surface area contributed by atoms with E-state index in [-0.39, 0.29) is 11.2 Å². The fourth-order valence-corrected chi connectivity index (χ4v) is 9.50. The average molecular weight is 639 g/mol. The molecule has 8 rings (SSSR count). The SMILES string of the molecule is CN1C(=O)C2(CN(C3CCNCC3)C2)c2c1cnc1[nH]c(-c3ccc(CN4CCC(S(C)(=O)=O)CC4)cc3)c(-c3ccccc3)c21. The number of nitrogens with zero attached hydrogens (tertiary/aromatic N) is 4. The number of hydrogen-bond donors (Lipinski definition) is 2. The fourth-order valence-electron chi connectivity index (χ4n) is 8.43. The number of hydrogen-bond acceptors (Lipinski definition) is 7. The van der Waals surface area contributed by atoms with Crippen molar-refractivity contribution < 1.29 is 13.2 Å². The lowest BCUT2D eigenvalue weighted by molar-refractivity contribution is -0.130. The molecule has 10 heteroatoms. The van der Waals surface area contributed by atoms with Gasteiger partial charge in [0.2, 0.25) is 5.91 Å². The predicted molar refractivity (Wildman–Crippen MR) is 183 cm³/mol. The second kappa shape index (κ2) is 11.3. The van der Waals surface area contributed by atoms with Crippen LogP contribution in [0.15, 0.2) is 60.8 Å². The molecule has 0 unspecified atom stereocenters. The number of likely N-dealkylation sites (tertiary alicyclic amines) is 2. The van der Waals surface area contributed by atoms with Crippen molar-refractivity contribution >= 4 is 32.5 Å². The molecule has 0 atom stereocenters. The van der Waals surface area contributed by atoms with Crippen LogP contribution in [-0.4, -0.2) is 98.0 Å². The molecule has 2 aromatic carbocycles. The molecule has 6 heterocycles. The van der Waals surface area contributed by atoms with Crippen LogP contribution >= 0.6 is 0 Å². The smallest absolute Gasteiger partial charge is 0.240 e. The highest BCUT2D eigenvalue weighted by molar-refractivity contribution is 7.91. The van der Waals surface area contributed by atoms with Crippen LogP contribution in [0.1, 0.15) is 36.8 Å². The molecule has 2 N–H and O–H groups in total. The van der Waals surface area contributed by atoms with E-state index in [0.29, 0.717) is 18.9 Å². The molecule has 1 spiro atoms.